The number of ether oxygens (including phenoxy) is 1. The molecule has 0 unspecified atom stereocenters. The highest BCUT2D eigenvalue weighted by atomic mass is 19.1. The van der Waals surface area contributed by atoms with E-state index in [2.05, 4.69) is 0 Å². The maximum absolute atomic E-state index is 12.9. The third-order valence-electron chi connectivity index (χ3n) is 3.15. The molecular formula is C17H15FN2O4. The molecule has 0 bridgehead atoms. The Morgan fingerprint density at radius 1 is 1.00 bits per heavy atom. The lowest BCUT2D eigenvalue weighted by atomic mass is 10.0. The van der Waals surface area contributed by atoms with E-state index in [0.717, 1.165) is 0 Å². The minimum atomic E-state index is -0.962. The van der Waals surface area contributed by atoms with Crippen LogP contribution in [-0.2, 0) is 4.79 Å². The van der Waals surface area contributed by atoms with Gasteiger partial charge in [-0.1, -0.05) is 0 Å². The molecule has 0 fully saturated rings. The number of rotatable bonds is 5. The van der Waals surface area contributed by atoms with E-state index >= 15 is 0 Å². The summed E-state index contributed by atoms with van der Waals surface area (Å²) in [5, 5.41) is 1.91. The second-order valence-electron chi connectivity index (χ2n) is 4.97. The van der Waals surface area contributed by atoms with Gasteiger partial charge in [-0.3, -0.25) is 14.9 Å². The number of primary amides is 1. The van der Waals surface area contributed by atoms with Gasteiger partial charge in [-0.15, -0.1) is 0 Å². The minimum absolute atomic E-state index is 0.263. The van der Waals surface area contributed by atoms with E-state index in [9.17, 15) is 18.8 Å². The summed E-state index contributed by atoms with van der Waals surface area (Å²) < 4.78 is 18.2. The van der Waals surface area contributed by atoms with E-state index in [1.165, 1.54) is 55.5 Å². The number of amides is 3. The van der Waals surface area contributed by atoms with Crippen molar-refractivity contribution in [1.29, 1.82) is 0 Å². The number of imide groups is 1. The fourth-order valence-corrected chi connectivity index (χ4v) is 1.93. The molecule has 7 heteroatoms. The zero-order valence-corrected chi connectivity index (χ0v) is 12.8. The molecular weight excluding hydrogens is 315 g/mol. The molecule has 0 radical (unpaired) electrons. The molecule has 0 aromatic heterocycles. The van der Waals surface area contributed by atoms with E-state index in [4.69, 9.17) is 10.5 Å². The van der Waals surface area contributed by atoms with E-state index < -0.39 is 23.9 Å². The number of hydrogen-bond acceptors (Lipinski definition) is 4. The summed E-state index contributed by atoms with van der Waals surface area (Å²) in [5.74, 6) is -1.01. The zero-order chi connectivity index (χ0) is 17.7. The highest BCUT2D eigenvalue weighted by molar-refractivity contribution is 6.09. The average Bonchev–Trinajstić information content (AvgIpc) is 2.55. The zero-order valence-electron chi connectivity index (χ0n) is 12.8. The van der Waals surface area contributed by atoms with E-state index in [0.29, 0.717) is 16.9 Å². The molecule has 0 aliphatic rings. The summed E-state index contributed by atoms with van der Waals surface area (Å²) in [6.45, 7) is 1.45. The van der Waals surface area contributed by atoms with Crippen LogP contribution in [0.2, 0.25) is 0 Å². The first-order chi connectivity index (χ1) is 11.4. The molecule has 0 aliphatic carbocycles. The maximum Gasteiger partial charge on any atom is 0.318 e. The van der Waals surface area contributed by atoms with Gasteiger partial charge in [0, 0.05) is 11.1 Å². The van der Waals surface area contributed by atoms with Gasteiger partial charge >= 0.3 is 6.03 Å². The summed E-state index contributed by atoms with van der Waals surface area (Å²) in [4.78, 5) is 34.4. The fraction of sp³-hybridized carbons (Fsp3) is 0.118. The molecule has 3 N–H and O–H groups in total. The van der Waals surface area contributed by atoms with Crippen molar-refractivity contribution in [2.75, 3.05) is 0 Å². The van der Waals surface area contributed by atoms with Crippen molar-refractivity contribution in [2.24, 2.45) is 5.73 Å². The summed E-state index contributed by atoms with van der Waals surface area (Å²) >= 11 is 0. The smallest absolute Gasteiger partial charge is 0.318 e. The van der Waals surface area contributed by atoms with Gasteiger partial charge in [0.25, 0.3) is 5.91 Å². The molecule has 124 valence electrons. The number of halogens is 1. The van der Waals surface area contributed by atoms with Crippen LogP contribution >= 0.6 is 0 Å². The van der Waals surface area contributed by atoms with Crippen LogP contribution in [0.4, 0.5) is 9.18 Å². The molecule has 0 heterocycles. The van der Waals surface area contributed by atoms with Gasteiger partial charge in [0.1, 0.15) is 11.6 Å². The van der Waals surface area contributed by atoms with Gasteiger partial charge in [0.15, 0.2) is 11.9 Å². The van der Waals surface area contributed by atoms with Crippen LogP contribution in [0.15, 0.2) is 48.5 Å². The fourth-order valence-electron chi connectivity index (χ4n) is 1.93. The van der Waals surface area contributed by atoms with Crippen molar-refractivity contribution in [3.8, 4) is 5.75 Å². The summed E-state index contributed by atoms with van der Waals surface area (Å²) in [6.07, 6.45) is -0.934. The van der Waals surface area contributed by atoms with Crippen LogP contribution in [0.25, 0.3) is 0 Å². The summed E-state index contributed by atoms with van der Waals surface area (Å²) in [7, 11) is 0. The predicted molar refractivity (Wildman–Crippen MR) is 84.1 cm³/mol. The molecule has 2 aromatic carbocycles. The lowest BCUT2D eigenvalue weighted by Crippen LogP contribution is -2.42. The number of nitrogens with two attached hydrogens (primary N) is 1. The number of ketones is 1. The van der Waals surface area contributed by atoms with Gasteiger partial charge in [-0.2, -0.15) is 0 Å². The second kappa shape index (κ2) is 7.36. The van der Waals surface area contributed by atoms with E-state index in [-0.39, 0.29) is 5.78 Å². The number of hydrogen-bond donors (Lipinski definition) is 2. The molecule has 0 saturated heterocycles. The highest BCUT2D eigenvalue weighted by Gasteiger charge is 2.16. The molecule has 6 nitrogen and oxygen atoms in total. The van der Waals surface area contributed by atoms with Crippen LogP contribution in [-0.4, -0.2) is 23.8 Å². The topological polar surface area (TPSA) is 98.5 Å². The maximum atomic E-state index is 12.9. The van der Waals surface area contributed by atoms with Gasteiger partial charge in [0.2, 0.25) is 0 Å². The standard InChI is InChI=1S/C17H15FN2O4/c1-10(16(22)20-17(19)23)24-14-8-4-12(5-9-14)15(21)11-2-6-13(18)7-3-11/h2-10H,1H3,(H3,19,20,22,23)/t10-/m0/s1. The van der Waals surface area contributed by atoms with E-state index in [1.807, 2.05) is 5.32 Å². The van der Waals surface area contributed by atoms with Crippen molar-refractivity contribution in [3.05, 3.63) is 65.5 Å². The van der Waals surface area contributed by atoms with E-state index in [1.54, 1.807) is 0 Å². The number of benzene rings is 2. The first-order valence-electron chi connectivity index (χ1n) is 7.04. The Bertz CT molecular complexity index is 757. The molecule has 24 heavy (non-hydrogen) atoms. The van der Waals surface area contributed by atoms with Crippen LogP contribution in [0.5, 0.6) is 5.75 Å². The molecule has 0 spiro atoms. The van der Waals surface area contributed by atoms with Crippen molar-refractivity contribution in [2.45, 2.75) is 13.0 Å². The summed E-state index contributed by atoms with van der Waals surface area (Å²) in [6, 6.07) is 10.4. The molecule has 2 aromatic rings. The molecule has 2 rings (SSSR count). The lowest BCUT2D eigenvalue weighted by molar-refractivity contribution is -0.126. The Kier molecular flexibility index (Phi) is 5.26. The number of urea groups is 1. The van der Waals surface area contributed by atoms with Crippen LogP contribution < -0.4 is 15.8 Å². The Morgan fingerprint density at radius 2 is 1.50 bits per heavy atom. The third-order valence-corrected chi connectivity index (χ3v) is 3.15. The lowest BCUT2D eigenvalue weighted by Gasteiger charge is -2.13. The first kappa shape index (κ1) is 17.1. The molecule has 3 amide bonds. The Labute approximate surface area is 137 Å². The summed E-state index contributed by atoms with van der Waals surface area (Å²) in [5.41, 5.74) is 5.61. The van der Waals surface area contributed by atoms with Gasteiger partial charge in [-0.25, -0.2) is 9.18 Å². The molecule has 0 saturated carbocycles. The minimum Gasteiger partial charge on any atom is -0.481 e. The van der Waals surface area contributed by atoms with Gasteiger partial charge in [-0.05, 0) is 55.5 Å². The SMILES string of the molecule is C[C@H](Oc1ccc(C(=O)c2ccc(F)cc2)cc1)C(=O)NC(N)=O. The first-order valence-corrected chi connectivity index (χ1v) is 7.04. The Hall–Kier alpha value is -3.22. The van der Waals surface area contributed by atoms with Crippen molar-refractivity contribution in [1.82, 2.24) is 5.32 Å². The van der Waals surface area contributed by atoms with Crippen LogP contribution in [0.1, 0.15) is 22.8 Å². The average molecular weight is 330 g/mol. The second-order valence-corrected chi connectivity index (χ2v) is 4.97. The quantitative estimate of drug-likeness (QED) is 0.819. The predicted octanol–water partition coefficient (Wildman–Crippen LogP) is 2.02. The van der Waals surface area contributed by atoms with Crippen molar-refractivity contribution < 1.29 is 23.5 Å². The highest BCUT2D eigenvalue weighted by Crippen LogP contribution is 2.17. The normalized spacial score (nSPS) is 11.4. The Morgan fingerprint density at radius 3 is 2.00 bits per heavy atom. The third kappa shape index (κ3) is 4.39. The monoisotopic (exact) mass is 330 g/mol. The number of nitrogens with one attached hydrogen (secondary N) is 1. The van der Waals surface area contributed by atoms with Crippen molar-refractivity contribution in [3.63, 3.8) is 0 Å². The largest absolute Gasteiger partial charge is 0.481 e. The van der Waals surface area contributed by atoms with Crippen LogP contribution in [0.3, 0.4) is 0 Å². The van der Waals surface area contributed by atoms with Gasteiger partial charge in [0.05, 0.1) is 0 Å². The molecule has 0 aliphatic heterocycles. The van der Waals surface area contributed by atoms with Crippen molar-refractivity contribution >= 4 is 17.7 Å². The van der Waals surface area contributed by atoms with Gasteiger partial charge < -0.3 is 10.5 Å². The number of carbonyl (C=O) groups is 3. The molecule has 1 atom stereocenters. The number of carbonyl (C=O) groups excluding carboxylic acids is 3. The van der Waals surface area contributed by atoms with Crippen LogP contribution in [0, 0.1) is 5.82 Å². The Balaban J connectivity index is 2.05.